The van der Waals surface area contributed by atoms with Crippen molar-refractivity contribution >= 4 is 11.7 Å². The molecule has 0 spiro atoms. The highest BCUT2D eigenvalue weighted by Crippen LogP contribution is 2.17. The predicted octanol–water partition coefficient (Wildman–Crippen LogP) is 0.171. The zero-order chi connectivity index (χ0) is 12.8. The maximum atomic E-state index is 13.2. The van der Waals surface area contributed by atoms with Gasteiger partial charge in [0.2, 0.25) is 0 Å². The molecule has 0 saturated carbocycles. The summed E-state index contributed by atoms with van der Waals surface area (Å²) in [5.41, 5.74) is -0.450. The number of rotatable bonds is 5. The van der Waals surface area contributed by atoms with E-state index in [0.717, 1.165) is 12.1 Å². The number of carbonyl (C=O) groups is 1. The van der Waals surface area contributed by atoms with Crippen LogP contribution in [-0.2, 0) is 9.53 Å². The van der Waals surface area contributed by atoms with Crippen LogP contribution in [0.3, 0.4) is 0 Å². The van der Waals surface area contributed by atoms with E-state index in [9.17, 15) is 14.4 Å². The second kappa shape index (κ2) is 6.14. The van der Waals surface area contributed by atoms with Gasteiger partial charge in [-0.25, -0.2) is 14.4 Å². The molecule has 2 N–H and O–H groups in total. The molecule has 6 nitrogen and oxygen atoms in total. The first-order valence-corrected chi connectivity index (χ1v) is 4.86. The van der Waals surface area contributed by atoms with E-state index < -0.39 is 22.7 Å². The lowest BCUT2D eigenvalue weighted by Gasteiger charge is -2.13. The number of esters is 1. The molecule has 1 aromatic carbocycles. The number of carbonyl (C=O) groups excluding carboxylic acids is 1. The van der Waals surface area contributed by atoms with Crippen LogP contribution in [0.15, 0.2) is 18.2 Å². The second-order valence-electron chi connectivity index (χ2n) is 3.04. The van der Waals surface area contributed by atoms with E-state index in [2.05, 4.69) is 4.74 Å². The van der Waals surface area contributed by atoms with Gasteiger partial charge in [-0.1, -0.05) is 0 Å². The topological polar surface area (TPSA) is 83.3 Å². The van der Waals surface area contributed by atoms with Crippen LogP contribution >= 0.6 is 0 Å². The molecule has 0 fully saturated rings. The van der Waals surface area contributed by atoms with E-state index in [0.29, 0.717) is 0 Å². The molecule has 7 heteroatoms. The first-order chi connectivity index (χ1) is 8.04. The largest absolute Gasteiger partial charge is 0.595 e. The highest BCUT2D eigenvalue weighted by Gasteiger charge is 2.11. The number of nitrogens with one attached hydrogen (secondary N) is 1. The Bertz CT molecular complexity index is 396. The molecule has 1 atom stereocenters. The average Bonchev–Trinajstić information content (AvgIpc) is 2.26. The minimum atomic E-state index is -1.36. The molecule has 17 heavy (non-hydrogen) atoms. The molecular weight excluding hydrogens is 233 g/mol. The molecule has 0 amide bonds. The van der Waals surface area contributed by atoms with E-state index in [1.165, 1.54) is 6.07 Å². The van der Waals surface area contributed by atoms with Gasteiger partial charge in [0.1, 0.15) is 5.75 Å². The minimum absolute atomic E-state index is 0.0700. The molecule has 0 aliphatic heterocycles. The van der Waals surface area contributed by atoms with Crippen molar-refractivity contribution in [2.45, 2.75) is 6.92 Å². The fraction of sp³-hybridized carbons (Fsp3) is 0.300. The number of hydrogen-bond acceptors (Lipinski definition) is 5. The molecule has 0 aliphatic carbocycles. The van der Waals surface area contributed by atoms with Crippen molar-refractivity contribution in [3.8, 4) is 5.75 Å². The number of halogens is 1. The highest BCUT2D eigenvalue weighted by atomic mass is 19.1. The summed E-state index contributed by atoms with van der Waals surface area (Å²) in [4.78, 5) is 10.9. The lowest BCUT2D eigenvalue weighted by Crippen LogP contribution is -2.99. The van der Waals surface area contributed by atoms with Crippen molar-refractivity contribution in [1.82, 2.24) is 0 Å². The standard InChI is InChI=1S/C10H12FNO5/c1-2-16-10(13)6-17-7-3-4-9(12(14)15)8(11)5-7/h3-5,12,14H,2,6H2,1H3. The van der Waals surface area contributed by atoms with Crippen molar-refractivity contribution in [3.05, 3.63) is 29.2 Å². The molecular formula is C10H12FNO5. The summed E-state index contributed by atoms with van der Waals surface area (Å²) in [6.45, 7) is 1.54. The van der Waals surface area contributed by atoms with Gasteiger partial charge >= 0.3 is 5.97 Å². The average molecular weight is 245 g/mol. The van der Waals surface area contributed by atoms with Crippen LogP contribution in [-0.4, -0.2) is 24.4 Å². The number of quaternary nitrogens is 1. The van der Waals surface area contributed by atoms with Crippen LogP contribution in [0.2, 0.25) is 0 Å². The second-order valence-corrected chi connectivity index (χ2v) is 3.04. The molecule has 1 rings (SSSR count). The summed E-state index contributed by atoms with van der Waals surface area (Å²) in [5.74, 6) is -1.42. The van der Waals surface area contributed by atoms with Crippen LogP contribution < -0.4 is 9.96 Å². The van der Waals surface area contributed by atoms with Gasteiger partial charge in [0, 0.05) is 12.1 Å². The minimum Gasteiger partial charge on any atom is -0.595 e. The van der Waals surface area contributed by atoms with Gasteiger partial charge in [0.05, 0.1) is 6.61 Å². The Labute approximate surface area is 96.7 Å². The van der Waals surface area contributed by atoms with Crippen molar-refractivity contribution in [2.24, 2.45) is 0 Å². The SMILES string of the molecule is CCOC(=O)COc1ccc([NH+]([O-])O)c(F)c1. The molecule has 0 aromatic heterocycles. The van der Waals surface area contributed by atoms with E-state index in [1.807, 2.05) is 0 Å². The summed E-state index contributed by atoms with van der Waals surface area (Å²) in [7, 11) is 0. The van der Waals surface area contributed by atoms with E-state index >= 15 is 0 Å². The number of ether oxygens (including phenoxy) is 2. The Morgan fingerprint density at radius 2 is 2.29 bits per heavy atom. The Hall–Kier alpha value is -1.70. The first-order valence-electron chi connectivity index (χ1n) is 4.86. The molecule has 0 radical (unpaired) electrons. The van der Waals surface area contributed by atoms with Crippen LogP contribution in [0.5, 0.6) is 5.75 Å². The van der Waals surface area contributed by atoms with Crippen LogP contribution in [0.4, 0.5) is 10.1 Å². The third-order valence-corrected chi connectivity index (χ3v) is 1.83. The number of benzene rings is 1. The molecule has 0 aliphatic rings. The fourth-order valence-electron chi connectivity index (χ4n) is 1.10. The molecule has 1 aromatic rings. The van der Waals surface area contributed by atoms with Crippen molar-refractivity contribution in [2.75, 3.05) is 13.2 Å². The smallest absolute Gasteiger partial charge is 0.344 e. The molecule has 94 valence electrons. The van der Waals surface area contributed by atoms with Crippen molar-refractivity contribution < 1.29 is 29.1 Å². The van der Waals surface area contributed by atoms with E-state index in [4.69, 9.17) is 9.94 Å². The summed E-state index contributed by atoms with van der Waals surface area (Å²) in [6, 6.07) is 3.24. The highest BCUT2D eigenvalue weighted by molar-refractivity contribution is 5.71. The molecule has 0 heterocycles. The van der Waals surface area contributed by atoms with Crippen LogP contribution in [0, 0.1) is 11.0 Å². The van der Waals surface area contributed by atoms with Gasteiger partial charge in [-0.3, -0.25) is 0 Å². The lowest BCUT2D eigenvalue weighted by molar-refractivity contribution is -0.992. The first kappa shape index (κ1) is 13.4. The summed E-state index contributed by atoms with van der Waals surface area (Å²) >= 11 is 0. The predicted molar refractivity (Wildman–Crippen MR) is 54.3 cm³/mol. The summed E-state index contributed by atoms with van der Waals surface area (Å²) in [5, 5.41) is 17.8. The lowest BCUT2D eigenvalue weighted by atomic mass is 10.3. The van der Waals surface area contributed by atoms with Gasteiger partial charge in [0.15, 0.2) is 18.1 Å². The quantitative estimate of drug-likeness (QED) is 0.570. The maximum Gasteiger partial charge on any atom is 0.344 e. The summed E-state index contributed by atoms with van der Waals surface area (Å²) < 4.78 is 22.7. The van der Waals surface area contributed by atoms with E-state index in [-0.39, 0.29) is 19.0 Å². The Morgan fingerprint density at radius 1 is 1.59 bits per heavy atom. The van der Waals surface area contributed by atoms with Gasteiger partial charge < -0.3 is 14.7 Å². The van der Waals surface area contributed by atoms with Crippen LogP contribution in [0.25, 0.3) is 0 Å². The zero-order valence-corrected chi connectivity index (χ0v) is 9.10. The Morgan fingerprint density at radius 3 is 2.82 bits per heavy atom. The normalized spacial score (nSPS) is 12.0. The number of hydrogen-bond donors (Lipinski definition) is 2. The van der Waals surface area contributed by atoms with Gasteiger partial charge in [-0.2, -0.15) is 5.23 Å². The molecule has 1 unspecified atom stereocenters. The van der Waals surface area contributed by atoms with Crippen molar-refractivity contribution in [3.63, 3.8) is 0 Å². The Kier molecular flexibility index (Phi) is 4.83. The maximum absolute atomic E-state index is 13.2. The molecule has 0 saturated heterocycles. The zero-order valence-electron chi connectivity index (χ0n) is 9.10. The van der Waals surface area contributed by atoms with Gasteiger partial charge in [-0.15, -0.1) is 0 Å². The van der Waals surface area contributed by atoms with Gasteiger partial charge in [-0.05, 0) is 13.0 Å². The third kappa shape index (κ3) is 3.99. The van der Waals surface area contributed by atoms with E-state index in [1.54, 1.807) is 6.92 Å². The summed E-state index contributed by atoms with van der Waals surface area (Å²) in [6.07, 6.45) is 0. The van der Waals surface area contributed by atoms with Crippen molar-refractivity contribution in [1.29, 1.82) is 0 Å². The molecule has 0 bridgehead atoms. The monoisotopic (exact) mass is 245 g/mol. The Balaban J connectivity index is 2.62. The van der Waals surface area contributed by atoms with Gasteiger partial charge in [0.25, 0.3) is 0 Å². The third-order valence-electron chi connectivity index (χ3n) is 1.83. The fourth-order valence-corrected chi connectivity index (χ4v) is 1.10. The van der Waals surface area contributed by atoms with Crippen LogP contribution in [0.1, 0.15) is 6.92 Å².